The van der Waals surface area contributed by atoms with Crippen molar-refractivity contribution in [2.75, 3.05) is 32.1 Å². The summed E-state index contributed by atoms with van der Waals surface area (Å²) in [5.74, 6) is 0. The van der Waals surface area contributed by atoms with E-state index in [1.165, 1.54) is 6.07 Å². The van der Waals surface area contributed by atoms with Gasteiger partial charge in [-0.15, -0.1) is 0 Å². The molecule has 6 heteroatoms. The lowest BCUT2D eigenvalue weighted by atomic mass is 10.0. The second-order valence-corrected chi connectivity index (χ2v) is 5.85. The maximum Gasteiger partial charge on any atom is 0.292 e. The average molecular weight is 293 g/mol. The number of aliphatic hydroxyl groups excluding tert-OH is 1. The van der Waals surface area contributed by atoms with Crippen molar-refractivity contribution in [3.8, 4) is 0 Å². The summed E-state index contributed by atoms with van der Waals surface area (Å²) in [6.45, 7) is 3.59. The minimum absolute atomic E-state index is 0.0594. The zero-order chi connectivity index (χ0) is 15.6. The molecule has 2 atom stereocenters. The molecular formula is C15H23N3O3. The number of rotatable bonds is 4. The van der Waals surface area contributed by atoms with Crippen LogP contribution in [0.1, 0.15) is 31.4 Å². The van der Waals surface area contributed by atoms with Gasteiger partial charge in [-0.05, 0) is 45.0 Å². The summed E-state index contributed by atoms with van der Waals surface area (Å²) in [6, 6.07) is 5.26. The zero-order valence-electron chi connectivity index (χ0n) is 12.8. The first kappa shape index (κ1) is 15.7. The van der Waals surface area contributed by atoms with Gasteiger partial charge in [-0.25, -0.2) is 0 Å². The second kappa shape index (κ2) is 6.41. The molecule has 1 heterocycles. The van der Waals surface area contributed by atoms with Gasteiger partial charge in [-0.3, -0.25) is 10.1 Å². The van der Waals surface area contributed by atoms with Crippen molar-refractivity contribution >= 4 is 11.4 Å². The van der Waals surface area contributed by atoms with Crippen LogP contribution in [0.25, 0.3) is 0 Å². The van der Waals surface area contributed by atoms with Crippen LogP contribution >= 0.6 is 0 Å². The molecule has 1 aliphatic rings. The van der Waals surface area contributed by atoms with E-state index >= 15 is 0 Å². The van der Waals surface area contributed by atoms with Crippen LogP contribution < -0.4 is 4.90 Å². The normalized spacial score (nSPS) is 21.0. The Labute approximate surface area is 125 Å². The van der Waals surface area contributed by atoms with E-state index in [1.54, 1.807) is 19.1 Å². The third kappa shape index (κ3) is 3.51. The van der Waals surface area contributed by atoms with E-state index in [2.05, 4.69) is 11.9 Å². The fourth-order valence-corrected chi connectivity index (χ4v) is 2.90. The molecule has 0 amide bonds. The minimum atomic E-state index is -0.705. The van der Waals surface area contributed by atoms with E-state index in [1.807, 2.05) is 11.9 Å². The lowest BCUT2D eigenvalue weighted by molar-refractivity contribution is -0.384. The zero-order valence-corrected chi connectivity index (χ0v) is 12.8. The van der Waals surface area contributed by atoms with Crippen molar-refractivity contribution in [2.24, 2.45) is 0 Å². The van der Waals surface area contributed by atoms with E-state index in [9.17, 15) is 15.2 Å². The van der Waals surface area contributed by atoms with Gasteiger partial charge in [0.15, 0.2) is 0 Å². The molecule has 0 bridgehead atoms. The number of aliphatic hydroxyl groups is 1. The molecule has 1 unspecified atom stereocenters. The van der Waals surface area contributed by atoms with Crippen LogP contribution in [0.3, 0.4) is 0 Å². The Kier molecular flexibility index (Phi) is 4.80. The van der Waals surface area contributed by atoms with E-state index in [0.717, 1.165) is 25.9 Å². The van der Waals surface area contributed by atoms with Gasteiger partial charge in [-0.1, -0.05) is 6.07 Å². The van der Waals surface area contributed by atoms with Crippen LogP contribution in [0.2, 0.25) is 0 Å². The molecule has 1 aliphatic heterocycles. The van der Waals surface area contributed by atoms with Crippen molar-refractivity contribution < 1.29 is 10.0 Å². The van der Waals surface area contributed by atoms with Crippen molar-refractivity contribution in [1.29, 1.82) is 0 Å². The lowest BCUT2D eigenvalue weighted by Gasteiger charge is -2.36. The highest BCUT2D eigenvalue weighted by Gasteiger charge is 2.26. The third-order valence-corrected chi connectivity index (χ3v) is 4.21. The number of nitro benzene ring substituents is 1. The van der Waals surface area contributed by atoms with Crippen LogP contribution in [0.5, 0.6) is 0 Å². The van der Waals surface area contributed by atoms with E-state index in [-0.39, 0.29) is 16.7 Å². The first-order valence-corrected chi connectivity index (χ1v) is 7.28. The molecule has 2 rings (SSSR count). The molecule has 0 saturated carbocycles. The summed E-state index contributed by atoms with van der Waals surface area (Å²) < 4.78 is 0. The Hall–Kier alpha value is -1.66. The number of nitro groups is 1. The molecule has 1 aromatic carbocycles. The maximum atomic E-state index is 11.3. The molecule has 0 aromatic heterocycles. The average Bonchev–Trinajstić information content (AvgIpc) is 2.45. The largest absolute Gasteiger partial charge is 0.389 e. The Morgan fingerprint density at radius 1 is 1.52 bits per heavy atom. The smallest absolute Gasteiger partial charge is 0.292 e. The number of nitrogens with zero attached hydrogens (tertiary/aromatic N) is 3. The number of likely N-dealkylation sites (N-methyl/N-ethyl adjacent to an activating group) is 2. The van der Waals surface area contributed by atoms with Gasteiger partial charge in [0.2, 0.25) is 0 Å². The van der Waals surface area contributed by atoms with Crippen LogP contribution in [-0.4, -0.2) is 48.2 Å². The highest BCUT2D eigenvalue weighted by Crippen LogP contribution is 2.32. The monoisotopic (exact) mass is 293 g/mol. The van der Waals surface area contributed by atoms with Crippen LogP contribution in [-0.2, 0) is 0 Å². The van der Waals surface area contributed by atoms with Crippen molar-refractivity contribution in [1.82, 2.24) is 4.90 Å². The molecule has 21 heavy (non-hydrogen) atoms. The molecule has 0 radical (unpaired) electrons. The summed E-state index contributed by atoms with van der Waals surface area (Å²) in [7, 11) is 3.99. The van der Waals surface area contributed by atoms with Crippen molar-refractivity contribution in [2.45, 2.75) is 31.9 Å². The number of benzene rings is 1. The topological polar surface area (TPSA) is 69.8 Å². The fraction of sp³-hybridized carbons (Fsp3) is 0.600. The second-order valence-electron chi connectivity index (χ2n) is 5.85. The van der Waals surface area contributed by atoms with Crippen LogP contribution in [0, 0.1) is 10.1 Å². The van der Waals surface area contributed by atoms with E-state index in [0.29, 0.717) is 11.3 Å². The minimum Gasteiger partial charge on any atom is -0.389 e. The first-order valence-electron chi connectivity index (χ1n) is 7.28. The number of hydrogen-bond acceptors (Lipinski definition) is 5. The number of anilines is 1. The molecule has 1 N–H and O–H groups in total. The van der Waals surface area contributed by atoms with Gasteiger partial charge >= 0.3 is 0 Å². The third-order valence-electron chi connectivity index (χ3n) is 4.21. The number of likely N-dealkylation sites (tertiary alicyclic amines) is 1. The summed E-state index contributed by atoms with van der Waals surface area (Å²) in [6.07, 6.45) is 1.44. The van der Waals surface area contributed by atoms with Gasteiger partial charge in [0, 0.05) is 25.7 Å². The molecule has 1 aromatic rings. The summed E-state index contributed by atoms with van der Waals surface area (Å²) >= 11 is 0. The lowest BCUT2D eigenvalue weighted by Crippen LogP contribution is -2.45. The predicted molar refractivity (Wildman–Crippen MR) is 82.7 cm³/mol. The Morgan fingerprint density at radius 3 is 2.81 bits per heavy atom. The predicted octanol–water partition coefficient (Wildman–Crippen LogP) is 2.18. The highest BCUT2D eigenvalue weighted by molar-refractivity contribution is 5.64. The number of piperidine rings is 1. The van der Waals surface area contributed by atoms with E-state index in [4.69, 9.17) is 0 Å². The SMILES string of the molecule is C[C@@H](O)c1ccc(N(C)C2CCCN(C)C2)c([N+](=O)[O-])c1. The van der Waals surface area contributed by atoms with Gasteiger partial charge in [0.1, 0.15) is 5.69 Å². The van der Waals surface area contributed by atoms with Gasteiger partial charge in [0.25, 0.3) is 5.69 Å². The summed E-state index contributed by atoms with van der Waals surface area (Å²) in [5, 5.41) is 20.9. The van der Waals surface area contributed by atoms with Gasteiger partial charge in [-0.2, -0.15) is 0 Å². The molecule has 116 valence electrons. The number of hydrogen-bond donors (Lipinski definition) is 1. The summed E-state index contributed by atoms with van der Waals surface area (Å²) in [5.41, 5.74) is 1.24. The molecule has 1 saturated heterocycles. The Balaban J connectivity index is 2.31. The molecule has 1 fully saturated rings. The van der Waals surface area contributed by atoms with Crippen LogP contribution in [0.15, 0.2) is 18.2 Å². The van der Waals surface area contributed by atoms with Crippen LogP contribution in [0.4, 0.5) is 11.4 Å². The molecule has 0 aliphatic carbocycles. The highest BCUT2D eigenvalue weighted by atomic mass is 16.6. The molecule has 0 spiro atoms. The first-order chi connectivity index (χ1) is 9.90. The Bertz CT molecular complexity index is 519. The summed E-state index contributed by atoms with van der Waals surface area (Å²) in [4.78, 5) is 15.2. The maximum absolute atomic E-state index is 11.3. The fourth-order valence-electron chi connectivity index (χ4n) is 2.90. The van der Waals surface area contributed by atoms with Crippen molar-refractivity contribution in [3.05, 3.63) is 33.9 Å². The van der Waals surface area contributed by atoms with Gasteiger partial charge < -0.3 is 14.9 Å². The van der Waals surface area contributed by atoms with Crippen molar-refractivity contribution in [3.63, 3.8) is 0 Å². The molecular weight excluding hydrogens is 270 g/mol. The van der Waals surface area contributed by atoms with E-state index < -0.39 is 6.10 Å². The molecule has 6 nitrogen and oxygen atoms in total. The quantitative estimate of drug-likeness (QED) is 0.680. The van der Waals surface area contributed by atoms with Gasteiger partial charge in [0.05, 0.1) is 11.0 Å². The standard InChI is InChI=1S/C15H23N3O3/c1-11(19)12-6-7-14(15(9-12)18(20)21)17(3)13-5-4-8-16(2)10-13/h6-7,9,11,13,19H,4-5,8,10H2,1-3H3/t11-,13?/m1/s1. The Morgan fingerprint density at radius 2 is 2.24 bits per heavy atom.